The van der Waals surface area contributed by atoms with Crippen molar-refractivity contribution in [2.45, 2.75) is 6.42 Å². The Kier molecular flexibility index (Phi) is 3.89. The highest BCUT2D eigenvalue weighted by Gasteiger charge is 2.17. The molecule has 0 aromatic carbocycles. The van der Waals surface area contributed by atoms with Crippen molar-refractivity contribution in [3.05, 3.63) is 24.0 Å². The van der Waals surface area contributed by atoms with Gasteiger partial charge in [0.05, 0.1) is 24.1 Å². The first-order valence-corrected chi connectivity index (χ1v) is 5.58. The number of hydrogen-bond acceptors (Lipinski definition) is 5. The molecule has 1 unspecified atom stereocenters. The van der Waals surface area contributed by atoms with Gasteiger partial charge in [-0.05, 0) is 12.5 Å². The molecule has 1 amide bonds. The van der Waals surface area contributed by atoms with Crippen LogP contribution in [-0.2, 0) is 4.74 Å². The summed E-state index contributed by atoms with van der Waals surface area (Å²) >= 11 is 0. The summed E-state index contributed by atoms with van der Waals surface area (Å²) in [5, 5.41) is 2.87. The Morgan fingerprint density at radius 2 is 2.53 bits per heavy atom. The van der Waals surface area contributed by atoms with Crippen molar-refractivity contribution in [2.75, 3.05) is 25.2 Å². The molecule has 1 atom stereocenters. The summed E-state index contributed by atoms with van der Waals surface area (Å²) in [6, 6.07) is 1.63. The molecule has 1 aromatic rings. The number of ether oxygens (including phenoxy) is 1. The molecule has 0 saturated carbocycles. The first-order valence-electron chi connectivity index (χ1n) is 5.58. The van der Waals surface area contributed by atoms with Crippen LogP contribution in [-0.4, -0.2) is 30.6 Å². The molecule has 4 N–H and O–H groups in total. The van der Waals surface area contributed by atoms with Crippen LogP contribution in [0, 0.1) is 5.92 Å². The number of nitrogens with zero attached hydrogens (tertiary/aromatic N) is 1. The number of hydrogen-bond donors (Lipinski definition) is 3. The molecular formula is C11H16N4O2. The van der Waals surface area contributed by atoms with Crippen LogP contribution in [0.1, 0.15) is 16.8 Å². The Morgan fingerprint density at radius 1 is 1.65 bits per heavy atom. The van der Waals surface area contributed by atoms with Crippen LogP contribution in [0.4, 0.5) is 5.69 Å². The number of rotatable bonds is 4. The van der Waals surface area contributed by atoms with Crippen molar-refractivity contribution < 1.29 is 9.53 Å². The number of carbonyl (C=O) groups is 1. The van der Waals surface area contributed by atoms with Gasteiger partial charge < -0.3 is 15.5 Å². The van der Waals surface area contributed by atoms with E-state index in [0.717, 1.165) is 19.6 Å². The van der Waals surface area contributed by atoms with E-state index in [2.05, 4.69) is 15.7 Å². The lowest BCUT2D eigenvalue weighted by Crippen LogP contribution is -2.30. The minimum absolute atomic E-state index is 0.146. The number of pyridine rings is 1. The van der Waals surface area contributed by atoms with Gasteiger partial charge >= 0.3 is 0 Å². The molecule has 2 heterocycles. The van der Waals surface area contributed by atoms with Crippen molar-refractivity contribution in [3.8, 4) is 0 Å². The third-order valence-electron chi connectivity index (χ3n) is 2.80. The van der Waals surface area contributed by atoms with E-state index in [9.17, 15) is 4.79 Å². The third-order valence-corrected chi connectivity index (χ3v) is 2.80. The molecule has 1 aliphatic rings. The number of amides is 1. The van der Waals surface area contributed by atoms with E-state index in [1.54, 1.807) is 12.3 Å². The van der Waals surface area contributed by atoms with Gasteiger partial charge in [0.1, 0.15) is 0 Å². The first kappa shape index (κ1) is 11.8. The molecule has 6 heteroatoms. The molecule has 0 bridgehead atoms. The van der Waals surface area contributed by atoms with E-state index >= 15 is 0 Å². The molecule has 1 aromatic heterocycles. The Bertz CT molecular complexity index is 391. The molecule has 0 aliphatic carbocycles. The summed E-state index contributed by atoms with van der Waals surface area (Å²) in [6.45, 7) is 2.13. The van der Waals surface area contributed by atoms with Crippen molar-refractivity contribution in [1.29, 1.82) is 0 Å². The van der Waals surface area contributed by atoms with Crippen LogP contribution >= 0.6 is 0 Å². The second kappa shape index (κ2) is 5.60. The second-order valence-electron chi connectivity index (χ2n) is 4.01. The zero-order valence-corrected chi connectivity index (χ0v) is 9.48. The quantitative estimate of drug-likeness (QED) is 0.511. The monoisotopic (exact) mass is 236 g/mol. The highest BCUT2D eigenvalue weighted by Crippen LogP contribution is 2.13. The number of anilines is 1. The summed E-state index contributed by atoms with van der Waals surface area (Å²) < 4.78 is 5.25. The SMILES string of the molecule is NNc1cnccc1C(=O)NCC1CCOC1. The van der Waals surface area contributed by atoms with Crippen LogP contribution in [0.25, 0.3) is 0 Å². The number of nitrogen functional groups attached to an aromatic ring is 1. The largest absolute Gasteiger partial charge is 0.381 e. The molecule has 0 radical (unpaired) electrons. The van der Waals surface area contributed by atoms with E-state index in [1.807, 2.05) is 0 Å². The van der Waals surface area contributed by atoms with E-state index in [-0.39, 0.29) is 5.91 Å². The Morgan fingerprint density at radius 3 is 3.24 bits per heavy atom. The highest BCUT2D eigenvalue weighted by atomic mass is 16.5. The van der Waals surface area contributed by atoms with Gasteiger partial charge in [-0.15, -0.1) is 0 Å². The normalized spacial score (nSPS) is 19.0. The van der Waals surface area contributed by atoms with Gasteiger partial charge in [-0.1, -0.05) is 0 Å². The summed E-state index contributed by atoms with van der Waals surface area (Å²) in [7, 11) is 0. The first-order chi connectivity index (χ1) is 8.31. The van der Waals surface area contributed by atoms with Crippen molar-refractivity contribution in [2.24, 2.45) is 11.8 Å². The zero-order chi connectivity index (χ0) is 12.1. The lowest BCUT2D eigenvalue weighted by molar-refractivity contribution is 0.0945. The topological polar surface area (TPSA) is 89.3 Å². The van der Waals surface area contributed by atoms with E-state index < -0.39 is 0 Å². The Balaban J connectivity index is 1.94. The fourth-order valence-electron chi connectivity index (χ4n) is 1.78. The van der Waals surface area contributed by atoms with Gasteiger partial charge in [0.15, 0.2) is 0 Å². The van der Waals surface area contributed by atoms with E-state index in [4.69, 9.17) is 10.6 Å². The Hall–Kier alpha value is -1.66. The molecule has 0 spiro atoms. The second-order valence-corrected chi connectivity index (χ2v) is 4.01. The molecule has 17 heavy (non-hydrogen) atoms. The van der Waals surface area contributed by atoms with E-state index in [1.165, 1.54) is 6.20 Å². The number of carbonyl (C=O) groups excluding carboxylic acids is 1. The molecule has 92 valence electrons. The summed E-state index contributed by atoms with van der Waals surface area (Å²) in [5.74, 6) is 5.58. The van der Waals surface area contributed by atoms with Crippen LogP contribution < -0.4 is 16.6 Å². The maximum absolute atomic E-state index is 11.9. The molecule has 1 aliphatic heterocycles. The molecule has 6 nitrogen and oxygen atoms in total. The van der Waals surface area contributed by atoms with Gasteiger partial charge in [-0.3, -0.25) is 15.6 Å². The number of nitrogens with one attached hydrogen (secondary N) is 2. The minimum atomic E-state index is -0.146. The standard InChI is InChI=1S/C11H16N4O2/c12-15-10-6-13-3-1-9(10)11(16)14-5-8-2-4-17-7-8/h1,3,6,8,15H,2,4-5,7,12H2,(H,14,16). The predicted octanol–water partition coefficient (Wildman–Crippen LogP) is 0.133. The summed E-state index contributed by atoms with van der Waals surface area (Å²) in [6.07, 6.45) is 4.08. The molecular weight excluding hydrogens is 220 g/mol. The zero-order valence-electron chi connectivity index (χ0n) is 9.48. The summed E-state index contributed by atoms with van der Waals surface area (Å²) in [4.78, 5) is 15.8. The summed E-state index contributed by atoms with van der Waals surface area (Å²) in [5.41, 5.74) is 3.48. The fourth-order valence-corrected chi connectivity index (χ4v) is 1.78. The van der Waals surface area contributed by atoms with Crippen molar-refractivity contribution in [3.63, 3.8) is 0 Å². The average Bonchev–Trinajstić information content (AvgIpc) is 2.89. The van der Waals surface area contributed by atoms with Crippen molar-refractivity contribution >= 4 is 11.6 Å². The van der Waals surface area contributed by atoms with Gasteiger partial charge in [0, 0.05) is 25.3 Å². The lowest BCUT2D eigenvalue weighted by Gasteiger charge is -2.11. The predicted molar refractivity (Wildman–Crippen MR) is 63.3 cm³/mol. The van der Waals surface area contributed by atoms with Crippen molar-refractivity contribution in [1.82, 2.24) is 10.3 Å². The Labute approximate surface area is 99.5 Å². The van der Waals surface area contributed by atoms with Crippen LogP contribution in [0.3, 0.4) is 0 Å². The minimum Gasteiger partial charge on any atom is -0.381 e. The number of nitrogens with two attached hydrogens (primary N) is 1. The van der Waals surface area contributed by atoms with Gasteiger partial charge in [-0.2, -0.15) is 0 Å². The van der Waals surface area contributed by atoms with Gasteiger partial charge in [-0.25, -0.2) is 0 Å². The number of hydrazine groups is 1. The van der Waals surface area contributed by atoms with Crippen LogP contribution in [0.2, 0.25) is 0 Å². The smallest absolute Gasteiger partial charge is 0.253 e. The molecule has 1 saturated heterocycles. The lowest BCUT2D eigenvalue weighted by atomic mass is 10.1. The molecule has 2 rings (SSSR count). The maximum atomic E-state index is 11.9. The van der Waals surface area contributed by atoms with Gasteiger partial charge in [0.2, 0.25) is 0 Å². The fraction of sp³-hybridized carbons (Fsp3) is 0.455. The third kappa shape index (κ3) is 2.92. The van der Waals surface area contributed by atoms with Crippen LogP contribution in [0.15, 0.2) is 18.5 Å². The maximum Gasteiger partial charge on any atom is 0.253 e. The average molecular weight is 236 g/mol. The number of aromatic nitrogens is 1. The highest BCUT2D eigenvalue weighted by molar-refractivity contribution is 5.99. The molecule has 1 fully saturated rings. The van der Waals surface area contributed by atoms with Gasteiger partial charge in [0.25, 0.3) is 5.91 Å². The van der Waals surface area contributed by atoms with Crippen LogP contribution in [0.5, 0.6) is 0 Å². The van der Waals surface area contributed by atoms with E-state index in [0.29, 0.717) is 23.7 Å².